The van der Waals surface area contributed by atoms with Gasteiger partial charge in [0, 0.05) is 38.4 Å². The Hall–Kier alpha value is -3.64. The van der Waals surface area contributed by atoms with Crippen LogP contribution in [0.5, 0.6) is 0 Å². The van der Waals surface area contributed by atoms with Gasteiger partial charge in [-0.15, -0.1) is 5.10 Å². The van der Waals surface area contributed by atoms with E-state index >= 15 is 0 Å². The largest absolute Gasteiger partial charge is 0.393 e. The number of nitrogens with zero attached hydrogens (tertiary/aromatic N) is 4. The van der Waals surface area contributed by atoms with E-state index in [1.165, 1.54) is 18.8 Å². The number of hydrogen-bond donors (Lipinski definition) is 4. The maximum absolute atomic E-state index is 14.3. The van der Waals surface area contributed by atoms with Gasteiger partial charge in [0.15, 0.2) is 5.82 Å². The second-order valence-electron chi connectivity index (χ2n) is 8.60. The number of carbonyl (C=O) groups is 2. The molecule has 0 radical (unpaired) electrons. The Morgan fingerprint density at radius 1 is 1.25 bits per heavy atom. The molecule has 3 heterocycles. The molecular formula is C24H33FN8O3. The molecule has 0 bridgehead atoms. The number of ether oxygens (including phenoxy) is 1. The number of hydrogen-bond acceptors (Lipinski definition) is 9. The van der Waals surface area contributed by atoms with Gasteiger partial charge in [-0.1, -0.05) is 0 Å². The molecule has 2 amide bonds. The second kappa shape index (κ2) is 13.4. The molecule has 0 aliphatic carbocycles. The minimum Gasteiger partial charge on any atom is -0.393 e. The number of alkyl halides is 1. The number of halogens is 1. The maximum Gasteiger partial charge on any atom is 0.268 e. The number of amides is 2. The fourth-order valence-corrected chi connectivity index (χ4v) is 3.85. The number of aryl methyl sites for hydroxylation is 1. The first-order valence-electron chi connectivity index (χ1n) is 11.8. The number of nitrogens with one attached hydrogen (secondary N) is 2. The molecule has 12 heteroatoms. The molecule has 0 saturated carbocycles. The van der Waals surface area contributed by atoms with Crippen LogP contribution in [0.15, 0.2) is 42.4 Å². The van der Waals surface area contributed by atoms with Crippen LogP contribution in [0, 0.1) is 0 Å². The summed E-state index contributed by atoms with van der Waals surface area (Å²) < 4.78 is 19.7. The molecule has 36 heavy (non-hydrogen) atoms. The quantitative estimate of drug-likeness (QED) is 0.200. The van der Waals surface area contributed by atoms with E-state index in [9.17, 15) is 14.0 Å². The van der Waals surface area contributed by atoms with Gasteiger partial charge in [-0.2, -0.15) is 5.10 Å². The molecular weight excluding hydrogens is 467 g/mol. The van der Waals surface area contributed by atoms with E-state index in [-0.39, 0.29) is 31.0 Å². The van der Waals surface area contributed by atoms with E-state index in [2.05, 4.69) is 25.8 Å². The molecule has 0 aromatic carbocycles. The van der Waals surface area contributed by atoms with Crippen molar-refractivity contribution in [3.63, 3.8) is 0 Å². The summed E-state index contributed by atoms with van der Waals surface area (Å²) in [7, 11) is 1.43. The van der Waals surface area contributed by atoms with Gasteiger partial charge in [-0.25, -0.2) is 10.2 Å². The fourth-order valence-electron chi connectivity index (χ4n) is 3.85. The monoisotopic (exact) mass is 500 g/mol. The molecule has 194 valence electrons. The first kappa shape index (κ1) is 27.0. The predicted octanol–water partition coefficient (Wildman–Crippen LogP) is 0.939. The van der Waals surface area contributed by atoms with Gasteiger partial charge in [0.25, 0.3) is 5.91 Å². The van der Waals surface area contributed by atoms with E-state index in [0.29, 0.717) is 29.5 Å². The van der Waals surface area contributed by atoms with Gasteiger partial charge < -0.3 is 26.1 Å². The van der Waals surface area contributed by atoms with Gasteiger partial charge >= 0.3 is 0 Å². The highest BCUT2D eigenvalue weighted by molar-refractivity contribution is 5.92. The first-order chi connectivity index (χ1) is 17.3. The third kappa shape index (κ3) is 8.54. The Kier molecular flexibility index (Phi) is 10.1. The second-order valence-corrected chi connectivity index (χ2v) is 8.60. The Balaban J connectivity index is 1.44. The zero-order valence-electron chi connectivity index (χ0n) is 20.3. The van der Waals surface area contributed by atoms with Crippen molar-refractivity contribution < 1.29 is 18.7 Å². The van der Waals surface area contributed by atoms with E-state index < -0.39 is 12.1 Å². The highest BCUT2D eigenvalue weighted by atomic mass is 19.1. The summed E-state index contributed by atoms with van der Waals surface area (Å²) in [5.41, 5.74) is 7.88. The lowest BCUT2D eigenvalue weighted by atomic mass is 9.92. The average Bonchev–Trinajstić information content (AvgIpc) is 2.88. The van der Waals surface area contributed by atoms with Gasteiger partial charge in [0.05, 0.1) is 18.7 Å². The van der Waals surface area contributed by atoms with Crippen LogP contribution in [0.25, 0.3) is 0 Å². The van der Waals surface area contributed by atoms with Crippen molar-refractivity contribution in [2.45, 2.75) is 44.2 Å². The predicted molar refractivity (Wildman–Crippen MR) is 132 cm³/mol. The number of rotatable bonds is 11. The smallest absolute Gasteiger partial charge is 0.268 e. The molecule has 1 aliphatic heterocycles. The Morgan fingerprint density at radius 2 is 2.03 bits per heavy atom. The van der Waals surface area contributed by atoms with Crippen LogP contribution < -0.4 is 22.2 Å². The first-order valence-corrected chi connectivity index (χ1v) is 11.8. The number of hydrazine groups is 1. The van der Waals surface area contributed by atoms with E-state index in [0.717, 1.165) is 31.1 Å². The number of pyridine rings is 1. The summed E-state index contributed by atoms with van der Waals surface area (Å²) in [5.74, 6) is 5.68. The molecule has 1 saturated heterocycles. The Labute approximate surface area is 209 Å². The molecule has 2 aromatic heterocycles. The van der Waals surface area contributed by atoms with Crippen molar-refractivity contribution in [1.82, 2.24) is 25.5 Å². The lowest BCUT2D eigenvalue weighted by Crippen LogP contribution is -2.35. The molecule has 1 unspecified atom stereocenters. The molecule has 11 nitrogen and oxygen atoms in total. The summed E-state index contributed by atoms with van der Waals surface area (Å²) in [6.45, 7) is 1.37. The summed E-state index contributed by atoms with van der Waals surface area (Å²) in [4.78, 5) is 28.2. The summed E-state index contributed by atoms with van der Waals surface area (Å²) in [5, 5.41) is 14.2. The highest BCUT2D eigenvalue weighted by Gasteiger charge is 2.17. The maximum atomic E-state index is 14.3. The molecule has 0 spiro atoms. The lowest BCUT2D eigenvalue weighted by Gasteiger charge is -2.22. The van der Waals surface area contributed by atoms with Crippen LogP contribution in [0.1, 0.15) is 42.1 Å². The fraction of sp³-hybridized carbons (Fsp3) is 0.458. The number of likely N-dealkylation sites (N-methyl/N-ethyl adjacent to an activating group) is 1. The Morgan fingerprint density at radius 3 is 2.72 bits per heavy atom. The minimum absolute atomic E-state index is 0.112. The van der Waals surface area contributed by atoms with Crippen LogP contribution in [0.2, 0.25) is 0 Å². The van der Waals surface area contributed by atoms with Crippen LogP contribution >= 0.6 is 0 Å². The summed E-state index contributed by atoms with van der Waals surface area (Å²) in [6.07, 6.45) is 4.18. The number of nitrogens with two attached hydrogens (primary N) is 2. The van der Waals surface area contributed by atoms with Gasteiger partial charge in [0.2, 0.25) is 5.91 Å². The summed E-state index contributed by atoms with van der Waals surface area (Å²) in [6, 6.07) is 7.28. The van der Waals surface area contributed by atoms with E-state index in [4.69, 9.17) is 16.3 Å². The van der Waals surface area contributed by atoms with Crippen molar-refractivity contribution in [2.75, 3.05) is 32.1 Å². The zero-order chi connectivity index (χ0) is 25.9. The molecule has 3 rings (SSSR count). The normalized spacial score (nSPS) is 15.2. The topological polar surface area (TPSA) is 161 Å². The summed E-state index contributed by atoms with van der Waals surface area (Å²) >= 11 is 0. The number of anilines is 1. The third-order valence-corrected chi connectivity index (χ3v) is 5.78. The van der Waals surface area contributed by atoms with Crippen molar-refractivity contribution >= 4 is 17.6 Å². The average molecular weight is 501 g/mol. The van der Waals surface area contributed by atoms with Crippen LogP contribution in [0.3, 0.4) is 0 Å². The van der Waals surface area contributed by atoms with Gasteiger partial charge in [-0.05, 0) is 61.4 Å². The van der Waals surface area contributed by atoms with Crippen LogP contribution in [-0.2, 0) is 27.2 Å². The number of aromatic nitrogens is 3. The Bertz CT molecular complexity index is 1040. The van der Waals surface area contributed by atoms with Crippen LogP contribution in [-0.4, -0.2) is 65.0 Å². The lowest BCUT2D eigenvalue weighted by molar-refractivity contribution is -0.117. The zero-order valence-corrected chi connectivity index (χ0v) is 20.3. The molecule has 2 aromatic rings. The molecule has 1 aliphatic rings. The van der Waals surface area contributed by atoms with E-state index in [1.54, 1.807) is 18.3 Å². The van der Waals surface area contributed by atoms with Crippen molar-refractivity contribution in [1.29, 1.82) is 0 Å². The molecule has 1 atom stereocenters. The van der Waals surface area contributed by atoms with Crippen molar-refractivity contribution in [3.8, 4) is 0 Å². The van der Waals surface area contributed by atoms with Crippen LogP contribution in [0.4, 0.5) is 10.2 Å². The SMILES string of the molecule is CNC(=O)/C(N)=C/N(N)CC(F)CCc1ccc(NC(=O)Cc2cc(C3CCOCC3)ccn2)nn1. The molecule has 6 N–H and O–H groups in total. The third-order valence-electron chi connectivity index (χ3n) is 5.78. The van der Waals surface area contributed by atoms with Crippen molar-refractivity contribution in [3.05, 3.63) is 59.3 Å². The number of carbonyl (C=O) groups excluding carboxylic acids is 2. The van der Waals surface area contributed by atoms with Crippen molar-refractivity contribution in [2.24, 2.45) is 11.6 Å². The molecule has 1 fully saturated rings. The highest BCUT2D eigenvalue weighted by Crippen LogP contribution is 2.26. The van der Waals surface area contributed by atoms with Gasteiger partial charge in [-0.3, -0.25) is 14.6 Å². The van der Waals surface area contributed by atoms with Gasteiger partial charge in [0.1, 0.15) is 11.9 Å². The standard InChI is InChI=1S/C24H33FN8O3/c1-28-24(35)21(26)15-33(27)14-18(25)2-3-19-4-5-22(32-31-19)30-23(34)13-20-12-17(6-9-29-20)16-7-10-36-11-8-16/h4-6,9,12,15-16,18H,2-3,7-8,10-11,13-14,26-27H2,1H3,(H,28,35)(H,30,32,34)/b21-15-. The minimum atomic E-state index is -1.27. The van der Waals surface area contributed by atoms with E-state index in [1.807, 2.05) is 12.1 Å².